The molecule has 0 aliphatic carbocycles. The minimum Gasteiger partial charge on any atom is -0.478 e. The largest absolute Gasteiger partial charge is 0.478 e. The molecule has 1 aromatic heterocycles. The Kier molecular flexibility index (Phi) is 5.16. The van der Waals surface area contributed by atoms with Crippen LogP contribution in [0.15, 0.2) is 24.4 Å². The van der Waals surface area contributed by atoms with Crippen LogP contribution in [-0.4, -0.2) is 34.5 Å². The van der Waals surface area contributed by atoms with Crippen molar-refractivity contribution in [3.8, 4) is 0 Å². The lowest BCUT2D eigenvalue weighted by Gasteiger charge is -2.01. The maximum atomic E-state index is 12.4. The summed E-state index contributed by atoms with van der Waals surface area (Å²) in [5, 5.41) is 9.74. The van der Waals surface area contributed by atoms with Gasteiger partial charge in [0.05, 0.1) is 12.7 Å². The normalized spacial score (nSPS) is 10.7. The second-order valence-corrected chi connectivity index (χ2v) is 5.40. The minimum atomic E-state index is -1.02. The van der Waals surface area contributed by atoms with Crippen LogP contribution in [0, 0.1) is 0 Å². The minimum absolute atomic E-state index is 0.0528. The summed E-state index contributed by atoms with van der Waals surface area (Å²) in [5.41, 5.74) is 1.49. The summed E-state index contributed by atoms with van der Waals surface area (Å²) in [6, 6.07) is 4.75. The number of benzene rings is 1. The van der Waals surface area contributed by atoms with Crippen molar-refractivity contribution >= 4 is 28.6 Å². The van der Waals surface area contributed by atoms with Crippen molar-refractivity contribution in [2.24, 2.45) is 7.05 Å². The van der Waals surface area contributed by atoms with Gasteiger partial charge in [-0.3, -0.25) is 9.59 Å². The first-order chi connectivity index (χ1) is 10.9. The van der Waals surface area contributed by atoms with E-state index in [1.807, 2.05) is 11.6 Å². The predicted molar refractivity (Wildman–Crippen MR) is 84.7 cm³/mol. The number of carboxylic acid groups (broad SMARTS) is 1. The van der Waals surface area contributed by atoms with Crippen LogP contribution in [0.3, 0.4) is 0 Å². The molecule has 0 spiro atoms. The van der Waals surface area contributed by atoms with Gasteiger partial charge < -0.3 is 14.4 Å². The van der Waals surface area contributed by atoms with E-state index in [0.717, 1.165) is 5.52 Å². The molecule has 1 N–H and O–H groups in total. The van der Waals surface area contributed by atoms with Crippen LogP contribution in [0.4, 0.5) is 0 Å². The molecule has 1 aromatic carbocycles. The molecular weight excluding hydrogens is 298 g/mol. The molecule has 122 valence electrons. The number of rotatable bonds is 7. The number of aromatic nitrogens is 1. The highest BCUT2D eigenvalue weighted by atomic mass is 16.5. The molecule has 0 bridgehead atoms. The fourth-order valence-corrected chi connectivity index (χ4v) is 2.54. The molecule has 0 atom stereocenters. The van der Waals surface area contributed by atoms with Crippen LogP contribution in [-0.2, 0) is 16.6 Å². The zero-order chi connectivity index (χ0) is 17.0. The van der Waals surface area contributed by atoms with Gasteiger partial charge in [0.15, 0.2) is 5.78 Å². The number of carbonyl (C=O) groups excluding carboxylic acids is 2. The van der Waals surface area contributed by atoms with E-state index in [-0.39, 0.29) is 17.3 Å². The van der Waals surface area contributed by atoms with Crippen molar-refractivity contribution in [2.75, 3.05) is 7.11 Å². The summed E-state index contributed by atoms with van der Waals surface area (Å²) in [5.74, 6) is -1.36. The van der Waals surface area contributed by atoms with Crippen molar-refractivity contribution in [1.82, 2.24) is 4.57 Å². The maximum absolute atomic E-state index is 12.4. The van der Waals surface area contributed by atoms with E-state index in [1.54, 1.807) is 12.3 Å². The van der Waals surface area contributed by atoms with Crippen LogP contribution in [0.1, 0.15) is 46.4 Å². The Bertz CT molecular complexity index is 760. The summed E-state index contributed by atoms with van der Waals surface area (Å²) < 4.78 is 6.36. The van der Waals surface area contributed by atoms with Crippen LogP contribution >= 0.6 is 0 Å². The molecule has 2 aromatic rings. The molecule has 6 heteroatoms. The number of esters is 1. The summed E-state index contributed by atoms with van der Waals surface area (Å²) in [4.78, 5) is 34.5. The van der Waals surface area contributed by atoms with Crippen LogP contribution in [0.2, 0.25) is 0 Å². The molecule has 0 aliphatic rings. The molecule has 2 rings (SSSR count). The van der Waals surface area contributed by atoms with Crippen LogP contribution < -0.4 is 0 Å². The van der Waals surface area contributed by atoms with Crippen molar-refractivity contribution in [3.05, 3.63) is 35.5 Å². The number of hydrogen-bond acceptors (Lipinski definition) is 4. The lowest BCUT2D eigenvalue weighted by molar-refractivity contribution is -0.140. The smallest absolute Gasteiger partial charge is 0.335 e. The Labute approximate surface area is 133 Å². The Hall–Kier alpha value is -2.63. The lowest BCUT2D eigenvalue weighted by Crippen LogP contribution is -2.02. The number of ketones is 1. The highest BCUT2D eigenvalue weighted by Gasteiger charge is 2.15. The van der Waals surface area contributed by atoms with Gasteiger partial charge >= 0.3 is 11.9 Å². The lowest BCUT2D eigenvalue weighted by atomic mass is 10.0. The molecule has 0 amide bonds. The molecule has 0 aliphatic heterocycles. The van der Waals surface area contributed by atoms with E-state index in [1.165, 1.54) is 19.2 Å². The van der Waals surface area contributed by atoms with E-state index < -0.39 is 5.97 Å². The van der Waals surface area contributed by atoms with Crippen molar-refractivity contribution in [2.45, 2.75) is 25.7 Å². The van der Waals surface area contributed by atoms with Gasteiger partial charge in [-0.2, -0.15) is 0 Å². The number of unbranched alkanes of at least 4 members (excludes halogenated alkanes) is 1. The fourth-order valence-electron chi connectivity index (χ4n) is 2.54. The highest BCUT2D eigenvalue weighted by molar-refractivity contribution is 6.09. The topological polar surface area (TPSA) is 85.6 Å². The van der Waals surface area contributed by atoms with Gasteiger partial charge in [-0.05, 0) is 31.0 Å². The van der Waals surface area contributed by atoms with Gasteiger partial charge in [0.1, 0.15) is 0 Å². The average Bonchev–Trinajstić information content (AvgIpc) is 2.87. The van der Waals surface area contributed by atoms with E-state index in [4.69, 9.17) is 5.11 Å². The zero-order valence-corrected chi connectivity index (χ0v) is 13.2. The number of methoxy groups -OCH3 is 1. The van der Waals surface area contributed by atoms with Gasteiger partial charge in [-0.1, -0.05) is 0 Å². The summed E-state index contributed by atoms with van der Waals surface area (Å²) in [6.07, 6.45) is 3.50. The van der Waals surface area contributed by atoms with Crippen LogP contribution in [0.25, 0.3) is 10.9 Å². The number of Topliss-reactive ketones (excluding diaryl/α,β-unsaturated/α-hetero) is 1. The van der Waals surface area contributed by atoms with Gasteiger partial charge in [0.2, 0.25) is 0 Å². The predicted octanol–water partition coefficient (Wildman–Crippen LogP) is 2.79. The molecule has 0 saturated carbocycles. The molecule has 0 unspecified atom stereocenters. The van der Waals surface area contributed by atoms with E-state index in [0.29, 0.717) is 36.6 Å². The molecule has 23 heavy (non-hydrogen) atoms. The molecule has 0 saturated heterocycles. The summed E-state index contributed by atoms with van der Waals surface area (Å²) >= 11 is 0. The Morgan fingerprint density at radius 3 is 2.52 bits per heavy atom. The fraction of sp³-hybridized carbons (Fsp3) is 0.353. The van der Waals surface area contributed by atoms with E-state index in [9.17, 15) is 14.4 Å². The number of hydrogen-bond donors (Lipinski definition) is 1. The number of aromatic carboxylic acids is 1. The Morgan fingerprint density at radius 2 is 1.87 bits per heavy atom. The van der Waals surface area contributed by atoms with Crippen molar-refractivity contribution < 1.29 is 24.2 Å². The number of fused-ring (bicyclic) bond motifs is 1. The molecule has 0 radical (unpaired) electrons. The van der Waals surface area contributed by atoms with Gasteiger partial charge in [0, 0.05) is 42.6 Å². The Balaban J connectivity index is 2.15. The summed E-state index contributed by atoms with van der Waals surface area (Å²) in [6.45, 7) is 0. The third kappa shape index (κ3) is 3.77. The van der Waals surface area contributed by atoms with E-state index >= 15 is 0 Å². The first kappa shape index (κ1) is 16.7. The summed E-state index contributed by atoms with van der Waals surface area (Å²) in [7, 11) is 3.15. The van der Waals surface area contributed by atoms with Crippen LogP contribution in [0.5, 0.6) is 0 Å². The average molecular weight is 317 g/mol. The monoisotopic (exact) mass is 317 g/mol. The molecule has 0 fully saturated rings. The first-order valence-electron chi connectivity index (χ1n) is 7.36. The number of ether oxygens (including phenoxy) is 1. The SMILES string of the molecule is COC(=O)CCCCC(=O)c1cn(C)c2ccc(C(=O)O)cc12. The maximum Gasteiger partial charge on any atom is 0.335 e. The zero-order valence-electron chi connectivity index (χ0n) is 13.2. The molecular formula is C17H19NO5. The highest BCUT2D eigenvalue weighted by Crippen LogP contribution is 2.24. The molecule has 1 heterocycles. The number of aryl methyl sites for hydroxylation is 1. The van der Waals surface area contributed by atoms with Crippen molar-refractivity contribution in [1.29, 1.82) is 0 Å². The standard InChI is InChI=1S/C17H19NO5/c1-18-10-13(15(19)5-3-4-6-16(20)23-2)12-9-11(17(21)22)7-8-14(12)18/h7-10H,3-6H2,1-2H3,(H,21,22). The third-order valence-electron chi connectivity index (χ3n) is 3.80. The first-order valence-corrected chi connectivity index (χ1v) is 7.36. The van der Waals surface area contributed by atoms with E-state index in [2.05, 4.69) is 4.74 Å². The number of carbonyl (C=O) groups is 3. The molecule has 6 nitrogen and oxygen atoms in total. The third-order valence-corrected chi connectivity index (χ3v) is 3.80. The number of carboxylic acids is 1. The van der Waals surface area contributed by atoms with Gasteiger partial charge in [-0.15, -0.1) is 0 Å². The second-order valence-electron chi connectivity index (χ2n) is 5.40. The van der Waals surface area contributed by atoms with Crippen molar-refractivity contribution in [3.63, 3.8) is 0 Å². The van der Waals surface area contributed by atoms with Gasteiger partial charge in [-0.25, -0.2) is 4.79 Å². The number of nitrogens with zero attached hydrogens (tertiary/aromatic N) is 1. The Morgan fingerprint density at radius 1 is 1.17 bits per heavy atom. The van der Waals surface area contributed by atoms with Gasteiger partial charge in [0.25, 0.3) is 0 Å². The second kappa shape index (κ2) is 7.09. The quantitative estimate of drug-likeness (QED) is 0.482.